The molecule has 2 atom stereocenters. The third-order valence-electron chi connectivity index (χ3n) is 10.2. The monoisotopic (exact) mass is 856 g/mol. The molecular weight excluding hydrogens is 802 g/mol. The van der Waals surface area contributed by atoms with E-state index in [-0.39, 0.29) is 46.5 Å². The van der Waals surface area contributed by atoms with E-state index >= 15 is 0 Å². The molecule has 0 bridgehead atoms. The molecule has 2 unspecified atom stereocenters. The molecule has 0 aromatic heterocycles. The van der Waals surface area contributed by atoms with Crippen LogP contribution < -0.4 is 24.8 Å². The van der Waals surface area contributed by atoms with Crippen molar-refractivity contribution < 1.29 is 47.7 Å². The predicted molar refractivity (Wildman–Crippen MR) is 202 cm³/mol. The molecule has 3 heteroatoms. The fraction of sp³-hybridized carbons (Fsp3) is 0.391. The Labute approximate surface area is 321 Å². The number of fused-ring (bicyclic) bond motifs is 2. The van der Waals surface area contributed by atoms with E-state index in [1.54, 1.807) is 22.3 Å². The normalized spacial score (nSPS) is 17.2. The number of halogens is 2. The van der Waals surface area contributed by atoms with Crippen molar-refractivity contribution in [2.24, 2.45) is 0 Å². The Kier molecular flexibility index (Phi) is 11.4. The van der Waals surface area contributed by atoms with Crippen LogP contribution in [0.3, 0.4) is 0 Å². The summed E-state index contributed by atoms with van der Waals surface area (Å²) in [6.45, 7) is 28.3. The van der Waals surface area contributed by atoms with Gasteiger partial charge >= 0.3 is 299 Å². The zero-order valence-electron chi connectivity index (χ0n) is 31.6. The van der Waals surface area contributed by atoms with Crippen LogP contribution in [-0.4, -0.2) is 0 Å². The standard InChI is InChI=1S/2C23H27.2ClH.Hf/c2*1-22(2,3)20-13-19(14-21(15-20)23(4,5)6)18-11-16-9-7-8-10-17(16)12-18;;;/h2*7-15H,1-6H3;2*1H;/q;;;;+2/p-2. The Morgan fingerprint density at radius 2 is 0.694 bits per heavy atom. The molecule has 6 rings (SSSR count). The van der Waals surface area contributed by atoms with E-state index in [9.17, 15) is 0 Å². The van der Waals surface area contributed by atoms with E-state index < -0.39 is 22.9 Å². The van der Waals surface area contributed by atoms with Crippen LogP contribution in [0, 0.1) is 0 Å². The van der Waals surface area contributed by atoms with Crippen LogP contribution in [0.2, 0.25) is 0 Å². The molecule has 0 spiro atoms. The third kappa shape index (κ3) is 8.16. The van der Waals surface area contributed by atoms with Gasteiger partial charge in [-0.1, -0.05) is 0 Å². The maximum atomic E-state index is 2.55. The van der Waals surface area contributed by atoms with Crippen molar-refractivity contribution >= 4 is 23.3 Å². The second-order valence-corrected chi connectivity index (χ2v) is 23.4. The van der Waals surface area contributed by atoms with E-state index in [0.29, 0.717) is 7.35 Å². The molecule has 0 nitrogen and oxygen atoms in total. The summed E-state index contributed by atoms with van der Waals surface area (Å²) in [5.41, 5.74) is 18.0. The number of rotatable bonds is 4. The van der Waals surface area contributed by atoms with Gasteiger partial charge in [0.05, 0.1) is 0 Å². The zero-order valence-corrected chi connectivity index (χ0v) is 36.8. The summed E-state index contributed by atoms with van der Waals surface area (Å²) in [6, 6.07) is 33.5. The Bertz CT molecular complexity index is 1690. The Balaban J connectivity index is 0.00000270. The first-order chi connectivity index (χ1) is 21.8. The maximum Gasteiger partial charge on any atom is -1.00 e. The van der Waals surface area contributed by atoms with Crippen molar-refractivity contribution in [1.29, 1.82) is 0 Å². The van der Waals surface area contributed by atoms with Crippen molar-refractivity contribution in [1.82, 2.24) is 0 Å². The van der Waals surface area contributed by atoms with Crippen molar-refractivity contribution in [2.75, 3.05) is 0 Å². The van der Waals surface area contributed by atoms with Gasteiger partial charge in [0.1, 0.15) is 0 Å². The molecule has 0 amide bonds. The molecule has 0 fully saturated rings. The van der Waals surface area contributed by atoms with Crippen LogP contribution in [0.1, 0.15) is 146 Å². The number of allylic oxidation sites excluding steroid dienone is 2. The zero-order chi connectivity index (χ0) is 34.1. The smallest absolute Gasteiger partial charge is 1.00 e. The molecule has 0 aliphatic heterocycles. The van der Waals surface area contributed by atoms with Gasteiger partial charge in [-0.15, -0.1) is 0 Å². The Hall–Kier alpha value is -2.19. The molecule has 0 heterocycles. The minimum Gasteiger partial charge on any atom is -1.00 e. The molecule has 49 heavy (non-hydrogen) atoms. The van der Waals surface area contributed by atoms with Gasteiger partial charge in [-0.05, 0) is 0 Å². The van der Waals surface area contributed by atoms with Crippen LogP contribution in [0.25, 0.3) is 23.3 Å². The maximum absolute atomic E-state index is 2.55. The second-order valence-electron chi connectivity index (χ2n) is 18.1. The van der Waals surface area contributed by atoms with Crippen LogP contribution >= 0.6 is 0 Å². The first-order valence-corrected chi connectivity index (χ1v) is 21.7. The summed E-state index contributed by atoms with van der Waals surface area (Å²) < 4.78 is 1.00. The first kappa shape index (κ1) is 39.6. The molecule has 4 aromatic rings. The summed E-state index contributed by atoms with van der Waals surface area (Å²) in [7, 11) is 0. The average Bonchev–Trinajstić information content (AvgIpc) is 3.54. The summed E-state index contributed by atoms with van der Waals surface area (Å²) in [5, 5.41) is 0. The number of hydrogen-bond acceptors (Lipinski definition) is 0. The van der Waals surface area contributed by atoms with Crippen molar-refractivity contribution in [3.05, 3.63) is 141 Å². The van der Waals surface area contributed by atoms with Gasteiger partial charge in [-0.2, -0.15) is 0 Å². The topological polar surface area (TPSA) is 0 Å². The van der Waals surface area contributed by atoms with Gasteiger partial charge < -0.3 is 24.8 Å². The van der Waals surface area contributed by atoms with E-state index in [4.69, 9.17) is 0 Å². The molecular formula is C46H54Cl2Hf. The summed E-state index contributed by atoms with van der Waals surface area (Å²) in [4.78, 5) is 0. The average molecular weight is 856 g/mol. The third-order valence-corrected chi connectivity index (χ3v) is 17.1. The van der Waals surface area contributed by atoms with Crippen molar-refractivity contribution in [2.45, 2.75) is 112 Å². The SMILES string of the molecule is CC(C)(C)c1cc(C2=Cc3ccccc3[CH]2[Hf+2][CH]2C(c3cc(C(C)(C)C)cc(C(C)(C)C)c3)=Cc3ccccc32)cc(C(C)(C)C)c1.[Cl-].[Cl-]. The molecule has 0 radical (unpaired) electrons. The van der Waals surface area contributed by atoms with E-state index in [0.717, 1.165) is 0 Å². The van der Waals surface area contributed by atoms with Crippen LogP contribution in [-0.2, 0) is 44.6 Å². The van der Waals surface area contributed by atoms with E-state index in [1.165, 1.54) is 44.5 Å². The van der Waals surface area contributed by atoms with E-state index in [2.05, 4.69) is 180 Å². The number of benzene rings is 4. The Morgan fingerprint density at radius 1 is 0.408 bits per heavy atom. The largest absolute Gasteiger partial charge is 1.00 e. The van der Waals surface area contributed by atoms with Gasteiger partial charge in [0.2, 0.25) is 0 Å². The predicted octanol–water partition coefficient (Wildman–Crippen LogP) is 6.86. The molecule has 0 saturated carbocycles. The van der Waals surface area contributed by atoms with Gasteiger partial charge in [0.25, 0.3) is 0 Å². The number of hydrogen-bond donors (Lipinski definition) is 0. The fourth-order valence-corrected chi connectivity index (χ4v) is 14.5. The van der Waals surface area contributed by atoms with Crippen molar-refractivity contribution in [3.8, 4) is 0 Å². The first-order valence-electron chi connectivity index (χ1n) is 17.5. The van der Waals surface area contributed by atoms with Crippen molar-refractivity contribution in [3.63, 3.8) is 0 Å². The Morgan fingerprint density at radius 3 is 0.980 bits per heavy atom. The second kappa shape index (κ2) is 14.1. The van der Waals surface area contributed by atoms with Gasteiger partial charge in [-0.3, -0.25) is 0 Å². The summed E-state index contributed by atoms with van der Waals surface area (Å²) in [6.07, 6.45) is 5.09. The summed E-state index contributed by atoms with van der Waals surface area (Å²) >= 11 is -1.48. The van der Waals surface area contributed by atoms with E-state index in [1.807, 2.05) is 0 Å². The van der Waals surface area contributed by atoms with Gasteiger partial charge in [-0.25, -0.2) is 0 Å². The van der Waals surface area contributed by atoms with Gasteiger partial charge in [0.15, 0.2) is 0 Å². The molecule has 2 aliphatic rings. The molecule has 256 valence electrons. The minimum absolute atomic E-state index is 0. The quantitative estimate of drug-likeness (QED) is 0.197. The fourth-order valence-electron chi connectivity index (χ4n) is 6.99. The molecule has 0 N–H and O–H groups in total. The van der Waals surface area contributed by atoms with Crippen LogP contribution in [0.4, 0.5) is 0 Å². The van der Waals surface area contributed by atoms with Crippen LogP contribution in [0.15, 0.2) is 84.9 Å². The molecule has 4 aromatic carbocycles. The van der Waals surface area contributed by atoms with Gasteiger partial charge in [0, 0.05) is 0 Å². The minimum atomic E-state index is -1.48. The molecule has 0 saturated heterocycles. The summed E-state index contributed by atoms with van der Waals surface area (Å²) in [5.74, 6) is 0. The molecule has 2 aliphatic carbocycles. The van der Waals surface area contributed by atoms with Crippen LogP contribution in [0.5, 0.6) is 0 Å².